The molecule has 0 amide bonds. The Morgan fingerprint density at radius 1 is 0.676 bits per heavy atom. The van der Waals surface area contributed by atoms with Gasteiger partial charge in [-0.15, -0.1) is 0 Å². The Morgan fingerprint density at radius 2 is 1.43 bits per heavy atom. The van der Waals surface area contributed by atoms with Crippen LogP contribution in [0.5, 0.6) is 0 Å². The van der Waals surface area contributed by atoms with Crippen LogP contribution < -0.4 is 0 Å². The van der Waals surface area contributed by atoms with E-state index < -0.39 is 0 Å². The van der Waals surface area contributed by atoms with Crippen LogP contribution in [-0.2, 0) is 0 Å². The van der Waals surface area contributed by atoms with E-state index in [2.05, 4.69) is 85.6 Å². The number of aryl methyl sites for hydroxylation is 3. The molecule has 0 aliphatic carbocycles. The molecule has 178 valence electrons. The first kappa shape index (κ1) is 21.6. The van der Waals surface area contributed by atoms with Gasteiger partial charge in [-0.1, -0.05) is 54.6 Å². The van der Waals surface area contributed by atoms with Crippen LogP contribution in [0.3, 0.4) is 0 Å². The fourth-order valence-corrected chi connectivity index (χ4v) is 5.28. The van der Waals surface area contributed by atoms with Crippen LogP contribution in [0, 0.1) is 20.8 Å². The molecule has 0 fully saturated rings. The highest BCUT2D eigenvalue weighted by Crippen LogP contribution is 2.37. The summed E-state index contributed by atoms with van der Waals surface area (Å²) in [5, 5.41) is 3.05. The van der Waals surface area contributed by atoms with E-state index in [0.717, 1.165) is 55.6 Å². The number of rotatable bonds is 3. The monoisotopic (exact) mass is 480 g/mol. The summed E-state index contributed by atoms with van der Waals surface area (Å²) in [5.74, 6) is 0.823. The van der Waals surface area contributed by atoms with Gasteiger partial charge in [0.15, 0.2) is 5.58 Å². The largest absolute Gasteiger partial charge is 0.454 e. The second-order valence-corrected chi connectivity index (χ2v) is 9.65. The fourth-order valence-electron chi connectivity index (χ4n) is 5.28. The zero-order chi connectivity index (χ0) is 25.1. The van der Waals surface area contributed by atoms with Gasteiger partial charge in [0.05, 0.1) is 11.9 Å². The second kappa shape index (κ2) is 8.17. The summed E-state index contributed by atoms with van der Waals surface area (Å²) in [7, 11) is 0. The number of para-hydroxylation sites is 1. The molecule has 0 aliphatic heterocycles. The Labute approximate surface area is 214 Å². The van der Waals surface area contributed by atoms with Gasteiger partial charge in [-0.05, 0) is 73.4 Å². The first-order valence-corrected chi connectivity index (χ1v) is 12.4. The Hall–Kier alpha value is -4.70. The van der Waals surface area contributed by atoms with Crippen molar-refractivity contribution in [2.75, 3.05) is 0 Å². The molecular formula is C33H24N2O2. The van der Waals surface area contributed by atoms with Gasteiger partial charge in [-0.3, -0.25) is 4.98 Å². The van der Waals surface area contributed by atoms with Crippen LogP contribution >= 0.6 is 0 Å². The number of pyridine rings is 2. The molecule has 0 spiro atoms. The van der Waals surface area contributed by atoms with E-state index in [4.69, 9.17) is 13.8 Å². The van der Waals surface area contributed by atoms with E-state index in [9.17, 15) is 0 Å². The van der Waals surface area contributed by atoms with E-state index in [1.165, 1.54) is 22.3 Å². The summed E-state index contributed by atoms with van der Waals surface area (Å²) in [4.78, 5) is 9.29. The lowest BCUT2D eigenvalue weighted by Gasteiger charge is -2.10. The van der Waals surface area contributed by atoms with Gasteiger partial charge in [-0.2, -0.15) is 0 Å². The quantitative estimate of drug-likeness (QED) is 0.253. The topological polar surface area (TPSA) is 52.1 Å². The molecule has 4 heterocycles. The lowest BCUT2D eigenvalue weighted by atomic mass is 9.95. The third-order valence-electron chi connectivity index (χ3n) is 7.12. The zero-order valence-corrected chi connectivity index (χ0v) is 20.9. The summed E-state index contributed by atoms with van der Waals surface area (Å²) >= 11 is 0. The van der Waals surface area contributed by atoms with Crippen molar-refractivity contribution in [3.63, 3.8) is 0 Å². The molecule has 4 aromatic heterocycles. The van der Waals surface area contributed by atoms with Gasteiger partial charge in [0.25, 0.3) is 0 Å². The fraction of sp³-hybridized carbons (Fsp3) is 0.0909. The van der Waals surface area contributed by atoms with Gasteiger partial charge < -0.3 is 8.83 Å². The number of fused-ring (bicyclic) bond motifs is 4. The molecular weight excluding hydrogens is 456 g/mol. The predicted octanol–water partition coefficient (Wildman–Crippen LogP) is 9.05. The van der Waals surface area contributed by atoms with Gasteiger partial charge in [0, 0.05) is 33.0 Å². The summed E-state index contributed by atoms with van der Waals surface area (Å²) < 4.78 is 12.4. The lowest BCUT2D eigenvalue weighted by molar-refractivity contribution is 0.630. The average molecular weight is 481 g/mol. The maximum Gasteiger partial charge on any atom is 0.227 e. The molecule has 0 N–H and O–H groups in total. The molecule has 0 unspecified atom stereocenters. The van der Waals surface area contributed by atoms with E-state index in [1.807, 2.05) is 25.1 Å². The zero-order valence-electron chi connectivity index (χ0n) is 20.9. The average Bonchev–Trinajstić information content (AvgIpc) is 3.49. The summed E-state index contributed by atoms with van der Waals surface area (Å²) in [6, 6.07) is 29.4. The standard InChI is InChI=1S/C33H24N2O2/c1-19-6-4-7-20(2)31(19)23-13-11-22(12-14-23)29-17-24-16-28(34-18-30(24)36-29)27-9-5-8-25-26-15-10-21(3)35-33(26)37-32(25)27/h4-18H,1-3H3. The molecule has 7 aromatic rings. The third kappa shape index (κ3) is 3.53. The maximum atomic E-state index is 6.20. The van der Waals surface area contributed by atoms with Crippen molar-refractivity contribution in [1.82, 2.24) is 9.97 Å². The van der Waals surface area contributed by atoms with E-state index in [0.29, 0.717) is 5.71 Å². The molecule has 0 aliphatic rings. The number of furan rings is 2. The van der Waals surface area contributed by atoms with Crippen molar-refractivity contribution in [3.05, 3.63) is 108 Å². The van der Waals surface area contributed by atoms with Crippen molar-refractivity contribution < 1.29 is 8.83 Å². The van der Waals surface area contributed by atoms with Crippen LogP contribution in [0.25, 0.3) is 66.7 Å². The predicted molar refractivity (Wildman–Crippen MR) is 150 cm³/mol. The smallest absolute Gasteiger partial charge is 0.227 e. The molecule has 0 atom stereocenters. The molecule has 37 heavy (non-hydrogen) atoms. The van der Waals surface area contributed by atoms with Gasteiger partial charge in [0.2, 0.25) is 5.71 Å². The van der Waals surface area contributed by atoms with Crippen molar-refractivity contribution in [2.45, 2.75) is 20.8 Å². The Bertz CT molecular complexity index is 1940. The van der Waals surface area contributed by atoms with E-state index in [-0.39, 0.29) is 0 Å². The van der Waals surface area contributed by atoms with Crippen molar-refractivity contribution in [2.24, 2.45) is 0 Å². The van der Waals surface area contributed by atoms with Crippen LogP contribution in [0.2, 0.25) is 0 Å². The number of aromatic nitrogens is 2. The highest BCUT2D eigenvalue weighted by Gasteiger charge is 2.16. The van der Waals surface area contributed by atoms with Crippen LogP contribution in [-0.4, -0.2) is 9.97 Å². The number of hydrogen-bond acceptors (Lipinski definition) is 4. The summed E-state index contributed by atoms with van der Waals surface area (Å²) in [6.45, 7) is 6.28. The maximum absolute atomic E-state index is 6.20. The molecule has 3 aromatic carbocycles. The molecule has 0 saturated carbocycles. The first-order chi connectivity index (χ1) is 18.0. The number of nitrogens with zero attached hydrogens (tertiary/aromatic N) is 2. The summed E-state index contributed by atoms with van der Waals surface area (Å²) in [6.07, 6.45) is 1.79. The number of benzene rings is 3. The SMILES string of the molecule is Cc1ccc2c(n1)oc1c(-c3cc4cc(-c5ccc(-c6c(C)cccc6C)cc5)oc4cn3)cccc12. The Balaban J connectivity index is 1.28. The van der Waals surface area contributed by atoms with Crippen LogP contribution in [0.15, 0.2) is 100.0 Å². The lowest BCUT2D eigenvalue weighted by Crippen LogP contribution is -1.87. The van der Waals surface area contributed by atoms with Gasteiger partial charge >= 0.3 is 0 Å². The van der Waals surface area contributed by atoms with Gasteiger partial charge in [0.1, 0.15) is 11.3 Å². The molecule has 4 heteroatoms. The van der Waals surface area contributed by atoms with Crippen molar-refractivity contribution in [3.8, 4) is 33.7 Å². The minimum absolute atomic E-state index is 0.651. The Morgan fingerprint density at radius 3 is 2.24 bits per heavy atom. The normalized spacial score (nSPS) is 11.6. The third-order valence-corrected chi connectivity index (χ3v) is 7.12. The molecule has 7 rings (SSSR count). The van der Waals surface area contributed by atoms with Gasteiger partial charge in [-0.25, -0.2) is 4.98 Å². The first-order valence-electron chi connectivity index (χ1n) is 12.4. The van der Waals surface area contributed by atoms with E-state index >= 15 is 0 Å². The van der Waals surface area contributed by atoms with Crippen molar-refractivity contribution in [1.29, 1.82) is 0 Å². The molecule has 0 radical (unpaired) electrons. The van der Waals surface area contributed by atoms with Crippen LogP contribution in [0.4, 0.5) is 0 Å². The minimum atomic E-state index is 0.651. The number of hydrogen-bond donors (Lipinski definition) is 0. The van der Waals surface area contributed by atoms with E-state index in [1.54, 1.807) is 6.20 Å². The Kier molecular flexibility index (Phi) is 4.76. The molecule has 0 saturated heterocycles. The van der Waals surface area contributed by atoms with Crippen molar-refractivity contribution >= 4 is 33.0 Å². The molecule has 0 bridgehead atoms. The molecule has 4 nitrogen and oxygen atoms in total. The highest BCUT2D eigenvalue weighted by atomic mass is 16.3. The van der Waals surface area contributed by atoms with Crippen LogP contribution in [0.1, 0.15) is 16.8 Å². The highest BCUT2D eigenvalue weighted by molar-refractivity contribution is 6.08. The minimum Gasteiger partial charge on any atom is -0.454 e. The second-order valence-electron chi connectivity index (χ2n) is 9.65. The summed E-state index contributed by atoms with van der Waals surface area (Å²) in [5.41, 5.74) is 11.0.